The molecule has 0 aliphatic carbocycles. The number of piperidine rings is 1. The van der Waals surface area contributed by atoms with Crippen molar-refractivity contribution in [2.45, 2.75) is 45.7 Å². The highest BCUT2D eigenvalue weighted by atomic mass is 32.1. The van der Waals surface area contributed by atoms with Crippen LogP contribution in [0.25, 0.3) is 0 Å². The van der Waals surface area contributed by atoms with Crippen LogP contribution in [0.3, 0.4) is 0 Å². The van der Waals surface area contributed by atoms with E-state index in [1.807, 2.05) is 11.3 Å². The minimum atomic E-state index is 0.617. The summed E-state index contributed by atoms with van der Waals surface area (Å²) in [7, 11) is 2.08. The molecule has 1 aromatic heterocycles. The monoisotopic (exact) mass is 266 g/mol. The maximum absolute atomic E-state index is 3.39. The van der Waals surface area contributed by atoms with Crippen LogP contribution in [0.15, 0.2) is 11.4 Å². The molecule has 0 bridgehead atoms. The second-order valence-electron chi connectivity index (χ2n) is 5.70. The van der Waals surface area contributed by atoms with Crippen molar-refractivity contribution in [2.75, 3.05) is 20.1 Å². The van der Waals surface area contributed by atoms with Gasteiger partial charge in [0.1, 0.15) is 0 Å². The normalized spacial score (nSPS) is 25.8. The van der Waals surface area contributed by atoms with Gasteiger partial charge in [0.25, 0.3) is 0 Å². The largest absolute Gasteiger partial charge is 0.319 e. The molecule has 0 aromatic carbocycles. The number of hydrogen-bond acceptors (Lipinski definition) is 3. The van der Waals surface area contributed by atoms with E-state index in [4.69, 9.17) is 0 Å². The van der Waals surface area contributed by atoms with Crippen LogP contribution in [-0.4, -0.2) is 31.1 Å². The zero-order valence-corrected chi connectivity index (χ0v) is 12.9. The zero-order chi connectivity index (χ0) is 13.1. The molecule has 2 atom stereocenters. The average molecular weight is 266 g/mol. The van der Waals surface area contributed by atoms with Crippen molar-refractivity contribution in [3.8, 4) is 0 Å². The Morgan fingerprint density at radius 3 is 2.83 bits per heavy atom. The molecule has 1 aromatic rings. The molecule has 0 saturated carbocycles. The smallest absolute Gasteiger partial charge is 0.0487 e. The molecular formula is C15H26N2S. The van der Waals surface area contributed by atoms with Crippen LogP contribution < -0.4 is 5.32 Å². The number of aryl methyl sites for hydroxylation is 1. The zero-order valence-electron chi connectivity index (χ0n) is 12.1. The first-order valence-electron chi connectivity index (χ1n) is 7.09. The molecule has 2 heterocycles. The third-order valence-electron chi connectivity index (χ3n) is 4.09. The fraction of sp³-hybridized carbons (Fsp3) is 0.733. The minimum Gasteiger partial charge on any atom is -0.319 e. The Balaban J connectivity index is 2.29. The Bertz CT molecular complexity index is 370. The molecule has 0 radical (unpaired) electrons. The Morgan fingerprint density at radius 2 is 2.28 bits per heavy atom. The number of hydrogen-bond donors (Lipinski definition) is 1. The van der Waals surface area contributed by atoms with Gasteiger partial charge in [0, 0.05) is 17.0 Å². The van der Waals surface area contributed by atoms with Gasteiger partial charge < -0.3 is 5.32 Å². The van der Waals surface area contributed by atoms with Crippen molar-refractivity contribution in [1.29, 1.82) is 0 Å². The lowest BCUT2D eigenvalue weighted by Crippen LogP contribution is -2.45. The first kappa shape index (κ1) is 14.0. The number of thiophene rings is 1. The number of nitrogens with one attached hydrogen (secondary N) is 1. The van der Waals surface area contributed by atoms with Gasteiger partial charge in [-0.2, -0.15) is 0 Å². The predicted molar refractivity (Wildman–Crippen MR) is 80.3 cm³/mol. The first-order chi connectivity index (χ1) is 8.65. The van der Waals surface area contributed by atoms with E-state index in [0.29, 0.717) is 12.1 Å². The molecule has 0 spiro atoms. The van der Waals surface area contributed by atoms with E-state index in [9.17, 15) is 0 Å². The molecule has 2 rings (SSSR count). The van der Waals surface area contributed by atoms with E-state index in [2.05, 4.69) is 49.5 Å². The van der Waals surface area contributed by atoms with E-state index >= 15 is 0 Å². The molecule has 2 nitrogen and oxygen atoms in total. The standard InChI is InChI=1S/C15H26N2S/c1-11(2)17-8-5-6-13(10-16-4)14(17)15-12(3)7-9-18-15/h7,9,11,13-14,16H,5-6,8,10H2,1-4H3. The highest BCUT2D eigenvalue weighted by Gasteiger charge is 2.34. The van der Waals surface area contributed by atoms with Crippen LogP contribution in [0, 0.1) is 12.8 Å². The summed E-state index contributed by atoms with van der Waals surface area (Å²) < 4.78 is 0. The van der Waals surface area contributed by atoms with Crippen LogP contribution in [0.2, 0.25) is 0 Å². The molecule has 102 valence electrons. The summed E-state index contributed by atoms with van der Waals surface area (Å²) in [5.74, 6) is 0.753. The highest BCUT2D eigenvalue weighted by Crippen LogP contribution is 2.40. The summed E-state index contributed by atoms with van der Waals surface area (Å²) in [5.41, 5.74) is 1.47. The minimum absolute atomic E-state index is 0.617. The lowest BCUT2D eigenvalue weighted by Gasteiger charge is -2.43. The maximum atomic E-state index is 3.39. The fourth-order valence-electron chi connectivity index (χ4n) is 3.21. The van der Waals surface area contributed by atoms with E-state index in [1.165, 1.54) is 24.9 Å². The summed E-state index contributed by atoms with van der Waals surface area (Å²) in [5, 5.41) is 5.63. The Morgan fingerprint density at radius 1 is 1.50 bits per heavy atom. The van der Waals surface area contributed by atoms with Crippen molar-refractivity contribution in [3.63, 3.8) is 0 Å². The van der Waals surface area contributed by atoms with Crippen molar-refractivity contribution in [2.24, 2.45) is 5.92 Å². The van der Waals surface area contributed by atoms with Crippen molar-refractivity contribution in [3.05, 3.63) is 21.9 Å². The van der Waals surface area contributed by atoms with Gasteiger partial charge in [0.05, 0.1) is 0 Å². The van der Waals surface area contributed by atoms with Gasteiger partial charge in [0.15, 0.2) is 0 Å². The van der Waals surface area contributed by atoms with Gasteiger partial charge >= 0.3 is 0 Å². The van der Waals surface area contributed by atoms with E-state index in [0.717, 1.165) is 12.5 Å². The van der Waals surface area contributed by atoms with Crippen LogP contribution in [0.5, 0.6) is 0 Å². The second-order valence-corrected chi connectivity index (χ2v) is 6.65. The van der Waals surface area contributed by atoms with Crippen molar-refractivity contribution in [1.82, 2.24) is 10.2 Å². The molecule has 1 N–H and O–H groups in total. The van der Waals surface area contributed by atoms with Crippen LogP contribution in [0.4, 0.5) is 0 Å². The Kier molecular flexibility index (Phi) is 4.82. The summed E-state index contributed by atoms with van der Waals surface area (Å²) in [4.78, 5) is 4.29. The first-order valence-corrected chi connectivity index (χ1v) is 7.97. The van der Waals surface area contributed by atoms with Crippen LogP contribution in [0.1, 0.15) is 43.2 Å². The van der Waals surface area contributed by atoms with Gasteiger partial charge in [-0.1, -0.05) is 0 Å². The second kappa shape index (κ2) is 6.18. The lowest BCUT2D eigenvalue weighted by molar-refractivity contribution is 0.0655. The summed E-state index contributed by atoms with van der Waals surface area (Å²) in [6.45, 7) is 9.30. The fourth-order valence-corrected chi connectivity index (χ4v) is 4.35. The molecule has 1 aliphatic rings. The SMILES string of the molecule is CNCC1CCCN(C(C)C)C1c1sccc1C. The summed E-state index contributed by atoms with van der Waals surface area (Å²) in [6.07, 6.45) is 2.69. The average Bonchev–Trinajstić information content (AvgIpc) is 2.75. The molecular weight excluding hydrogens is 240 g/mol. The number of likely N-dealkylation sites (tertiary alicyclic amines) is 1. The quantitative estimate of drug-likeness (QED) is 0.898. The Labute approximate surface area is 115 Å². The third kappa shape index (κ3) is 2.79. The molecule has 1 fully saturated rings. The van der Waals surface area contributed by atoms with Crippen LogP contribution >= 0.6 is 11.3 Å². The van der Waals surface area contributed by atoms with E-state index in [1.54, 1.807) is 4.88 Å². The molecule has 2 unspecified atom stereocenters. The van der Waals surface area contributed by atoms with Gasteiger partial charge in [-0.3, -0.25) is 4.90 Å². The van der Waals surface area contributed by atoms with Gasteiger partial charge in [-0.15, -0.1) is 11.3 Å². The summed E-state index contributed by atoms with van der Waals surface area (Å²) in [6, 6.07) is 3.52. The van der Waals surface area contributed by atoms with E-state index in [-0.39, 0.29) is 0 Å². The molecule has 18 heavy (non-hydrogen) atoms. The van der Waals surface area contributed by atoms with Crippen molar-refractivity contribution >= 4 is 11.3 Å². The number of nitrogens with zero attached hydrogens (tertiary/aromatic N) is 1. The number of rotatable bonds is 4. The maximum Gasteiger partial charge on any atom is 0.0487 e. The highest BCUT2D eigenvalue weighted by molar-refractivity contribution is 7.10. The summed E-state index contributed by atoms with van der Waals surface area (Å²) >= 11 is 1.94. The lowest BCUT2D eigenvalue weighted by atomic mass is 9.86. The molecule has 3 heteroatoms. The Hall–Kier alpha value is -0.380. The van der Waals surface area contributed by atoms with Gasteiger partial charge in [-0.05, 0) is 76.7 Å². The predicted octanol–water partition coefficient (Wildman–Crippen LogP) is 3.44. The third-order valence-corrected chi connectivity index (χ3v) is 5.18. The van der Waals surface area contributed by atoms with Gasteiger partial charge in [0.2, 0.25) is 0 Å². The van der Waals surface area contributed by atoms with Crippen LogP contribution in [-0.2, 0) is 0 Å². The molecule has 1 aliphatic heterocycles. The molecule has 0 amide bonds. The van der Waals surface area contributed by atoms with Crippen molar-refractivity contribution < 1.29 is 0 Å². The van der Waals surface area contributed by atoms with Gasteiger partial charge in [-0.25, -0.2) is 0 Å². The van der Waals surface area contributed by atoms with E-state index < -0.39 is 0 Å². The topological polar surface area (TPSA) is 15.3 Å². The molecule has 1 saturated heterocycles.